The van der Waals surface area contributed by atoms with Gasteiger partial charge in [0, 0.05) is 12.6 Å². The first kappa shape index (κ1) is 16.5. The first-order valence-electron chi connectivity index (χ1n) is 8.86. The summed E-state index contributed by atoms with van der Waals surface area (Å²) in [4.78, 5) is 2.71. The molecule has 0 atom stereocenters. The first-order valence-corrected chi connectivity index (χ1v) is 8.86. The van der Waals surface area contributed by atoms with Crippen LogP contribution in [0.2, 0.25) is 0 Å². The zero-order chi connectivity index (χ0) is 14.9. The van der Waals surface area contributed by atoms with Crippen LogP contribution in [0.25, 0.3) is 0 Å². The van der Waals surface area contributed by atoms with Gasteiger partial charge in [-0.25, -0.2) is 0 Å². The molecule has 1 aromatic carbocycles. The minimum Gasteiger partial charge on any atom is -0.316 e. The van der Waals surface area contributed by atoms with Crippen LogP contribution in [-0.2, 0) is 13.0 Å². The predicted molar refractivity (Wildman–Crippen MR) is 91.6 cm³/mol. The smallest absolute Gasteiger partial charge is 0.0239 e. The van der Waals surface area contributed by atoms with E-state index in [0.29, 0.717) is 0 Å². The molecule has 0 aromatic heterocycles. The van der Waals surface area contributed by atoms with Crippen molar-refractivity contribution in [2.45, 2.75) is 65.0 Å². The van der Waals surface area contributed by atoms with Crippen LogP contribution in [-0.4, -0.2) is 30.6 Å². The van der Waals surface area contributed by atoms with E-state index in [0.717, 1.165) is 32.1 Å². The van der Waals surface area contributed by atoms with E-state index in [-0.39, 0.29) is 0 Å². The second kappa shape index (κ2) is 9.22. The minimum atomic E-state index is 0.864. The van der Waals surface area contributed by atoms with E-state index < -0.39 is 0 Å². The Bertz CT molecular complexity index is 398. The van der Waals surface area contributed by atoms with Crippen LogP contribution >= 0.6 is 0 Å². The van der Waals surface area contributed by atoms with Crippen LogP contribution in [0.5, 0.6) is 0 Å². The molecule has 2 heteroatoms. The van der Waals surface area contributed by atoms with Gasteiger partial charge in [0.2, 0.25) is 0 Å². The third-order valence-electron chi connectivity index (χ3n) is 4.35. The number of rotatable bonds is 11. The maximum atomic E-state index is 3.52. The Labute approximate surface area is 130 Å². The topological polar surface area (TPSA) is 15.3 Å². The molecule has 0 amide bonds. The zero-order valence-corrected chi connectivity index (χ0v) is 13.9. The summed E-state index contributed by atoms with van der Waals surface area (Å²) in [5, 5.41) is 3.52. The lowest BCUT2D eigenvalue weighted by Gasteiger charge is -2.23. The third kappa shape index (κ3) is 5.80. The molecule has 0 unspecified atom stereocenters. The Morgan fingerprint density at radius 3 is 2.48 bits per heavy atom. The summed E-state index contributed by atoms with van der Waals surface area (Å²) < 4.78 is 0. The highest BCUT2D eigenvalue weighted by atomic mass is 15.2. The molecule has 1 aliphatic rings. The summed E-state index contributed by atoms with van der Waals surface area (Å²) in [6.07, 6.45) is 7.81. The molecule has 2 nitrogen and oxygen atoms in total. The molecule has 0 aliphatic heterocycles. The molecule has 1 fully saturated rings. The van der Waals surface area contributed by atoms with Crippen molar-refractivity contribution < 1.29 is 0 Å². The van der Waals surface area contributed by atoms with E-state index in [1.807, 2.05) is 0 Å². The largest absolute Gasteiger partial charge is 0.316 e. The lowest BCUT2D eigenvalue weighted by molar-refractivity contribution is 0.250. The number of unbranched alkanes of at least 4 members (excludes halogenated alkanes) is 1. The van der Waals surface area contributed by atoms with Crippen molar-refractivity contribution in [2.75, 3.05) is 19.6 Å². The molecule has 2 rings (SSSR count). The molecule has 1 saturated carbocycles. The molecule has 118 valence electrons. The third-order valence-corrected chi connectivity index (χ3v) is 4.35. The van der Waals surface area contributed by atoms with Crippen molar-refractivity contribution in [1.29, 1.82) is 0 Å². The van der Waals surface area contributed by atoms with Gasteiger partial charge < -0.3 is 5.32 Å². The van der Waals surface area contributed by atoms with Gasteiger partial charge in [-0.05, 0) is 62.9 Å². The van der Waals surface area contributed by atoms with Gasteiger partial charge in [0.15, 0.2) is 0 Å². The van der Waals surface area contributed by atoms with Crippen molar-refractivity contribution in [3.8, 4) is 0 Å². The molecule has 0 heterocycles. The summed E-state index contributed by atoms with van der Waals surface area (Å²) in [6, 6.07) is 9.89. The van der Waals surface area contributed by atoms with Gasteiger partial charge in [-0.3, -0.25) is 4.90 Å². The van der Waals surface area contributed by atoms with Crippen molar-refractivity contribution in [1.82, 2.24) is 10.2 Å². The lowest BCUT2D eigenvalue weighted by Crippen LogP contribution is -2.27. The second-order valence-corrected chi connectivity index (χ2v) is 6.32. The monoisotopic (exact) mass is 288 g/mol. The van der Waals surface area contributed by atoms with Crippen molar-refractivity contribution >= 4 is 0 Å². The molecule has 1 aliphatic carbocycles. The van der Waals surface area contributed by atoms with Crippen LogP contribution in [0.15, 0.2) is 24.3 Å². The summed E-state index contributed by atoms with van der Waals surface area (Å²) in [5.74, 6) is 0. The Morgan fingerprint density at radius 2 is 1.81 bits per heavy atom. The van der Waals surface area contributed by atoms with Crippen LogP contribution in [0, 0.1) is 0 Å². The fourth-order valence-electron chi connectivity index (χ4n) is 2.89. The van der Waals surface area contributed by atoms with Gasteiger partial charge >= 0.3 is 0 Å². The van der Waals surface area contributed by atoms with Crippen LogP contribution in [0.3, 0.4) is 0 Å². The second-order valence-electron chi connectivity index (χ2n) is 6.32. The molecule has 0 bridgehead atoms. The Hall–Kier alpha value is -0.860. The van der Waals surface area contributed by atoms with E-state index >= 15 is 0 Å². The van der Waals surface area contributed by atoms with Crippen LogP contribution < -0.4 is 5.32 Å². The van der Waals surface area contributed by atoms with E-state index in [4.69, 9.17) is 0 Å². The lowest BCUT2D eigenvalue weighted by atomic mass is 10.0. The predicted octanol–water partition coefficient (Wildman–Crippen LogP) is 3.99. The van der Waals surface area contributed by atoms with Gasteiger partial charge in [0.1, 0.15) is 0 Å². The fourth-order valence-corrected chi connectivity index (χ4v) is 2.89. The number of hydrogen-bond acceptors (Lipinski definition) is 2. The van der Waals surface area contributed by atoms with Crippen LogP contribution in [0.4, 0.5) is 0 Å². The number of benzene rings is 1. The molecular formula is C19H32N2. The zero-order valence-electron chi connectivity index (χ0n) is 13.9. The Kier molecular flexibility index (Phi) is 7.25. The summed E-state index contributed by atoms with van der Waals surface area (Å²) >= 11 is 0. The van der Waals surface area contributed by atoms with E-state index in [2.05, 4.69) is 48.3 Å². The van der Waals surface area contributed by atoms with E-state index in [1.165, 1.54) is 44.2 Å². The Morgan fingerprint density at radius 1 is 1.05 bits per heavy atom. The number of nitrogens with zero attached hydrogens (tertiary/aromatic N) is 1. The highest BCUT2D eigenvalue weighted by Crippen LogP contribution is 2.29. The highest BCUT2D eigenvalue weighted by Gasteiger charge is 2.28. The average molecular weight is 288 g/mol. The highest BCUT2D eigenvalue weighted by molar-refractivity contribution is 5.27. The van der Waals surface area contributed by atoms with E-state index in [1.54, 1.807) is 5.56 Å². The van der Waals surface area contributed by atoms with Gasteiger partial charge in [0.25, 0.3) is 0 Å². The molecule has 21 heavy (non-hydrogen) atoms. The number of nitrogens with one attached hydrogen (secondary N) is 1. The summed E-state index contributed by atoms with van der Waals surface area (Å²) in [5.41, 5.74) is 3.07. The Balaban J connectivity index is 1.91. The van der Waals surface area contributed by atoms with Gasteiger partial charge in [-0.1, -0.05) is 44.5 Å². The standard InChI is InChI=1S/C19H32N2/c1-3-5-15-21(19-10-11-19)16-18-9-7-6-8-17(18)12-14-20-13-4-2/h6-9,19-20H,3-5,10-16H2,1-2H3. The number of hydrogen-bond donors (Lipinski definition) is 1. The maximum Gasteiger partial charge on any atom is 0.0239 e. The van der Waals surface area contributed by atoms with Crippen LogP contribution in [0.1, 0.15) is 57.1 Å². The SMILES string of the molecule is CCCCN(Cc1ccccc1CCNCCC)C1CC1. The normalized spacial score (nSPS) is 14.8. The minimum absolute atomic E-state index is 0.864. The van der Waals surface area contributed by atoms with Crippen molar-refractivity contribution in [3.63, 3.8) is 0 Å². The quantitative estimate of drug-likeness (QED) is 0.619. The van der Waals surface area contributed by atoms with Gasteiger partial charge in [-0.15, -0.1) is 0 Å². The molecule has 0 saturated heterocycles. The van der Waals surface area contributed by atoms with Gasteiger partial charge in [-0.2, -0.15) is 0 Å². The molecule has 0 radical (unpaired) electrons. The van der Waals surface area contributed by atoms with Gasteiger partial charge in [0.05, 0.1) is 0 Å². The maximum absolute atomic E-state index is 3.52. The average Bonchev–Trinajstić information content (AvgIpc) is 3.34. The van der Waals surface area contributed by atoms with Crippen molar-refractivity contribution in [3.05, 3.63) is 35.4 Å². The van der Waals surface area contributed by atoms with E-state index in [9.17, 15) is 0 Å². The molecule has 1 aromatic rings. The molecule has 1 N–H and O–H groups in total. The molecule has 0 spiro atoms. The first-order chi connectivity index (χ1) is 10.3. The van der Waals surface area contributed by atoms with Crippen molar-refractivity contribution in [2.24, 2.45) is 0 Å². The fraction of sp³-hybridized carbons (Fsp3) is 0.684. The molecular weight excluding hydrogens is 256 g/mol. The summed E-state index contributed by atoms with van der Waals surface area (Å²) in [7, 11) is 0. The summed E-state index contributed by atoms with van der Waals surface area (Å²) in [6.45, 7) is 9.16.